The average Bonchev–Trinajstić information content (AvgIpc) is 3.20. The molecule has 0 aromatic carbocycles. The molecule has 2 fully saturated rings. The summed E-state index contributed by atoms with van der Waals surface area (Å²) in [6.45, 7) is 3.65. The van der Waals surface area contributed by atoms with E-state index in [0.717, 1.165) is 31.7 Å². The highest BCUT2D eigenvalue weighted by Crippen LogP contribution is 2.40. The summed E-state index contributed by atoms with van der Waals surface area (Å²) < 4.78 is 6.20. The second-order valence-corrected chi connectivity index (χ2v) is 8.20. The highest BCUT2D eigenvalue weighted by molar-refractivity contribution is 7.07. The van der Waals surface area contributed by atoms with Gasteiger partial charge in [-0.15, -0.1) is 11.3 Å². The van der Waals surface area contributed by atoms with Gasteiger partial charge in [0, 0.05) is 37.3 Å². The number of rotatable bonds is 3. The quantitative estimate of drug-likeness (QED) is 0.815. The molecule has 0 unspecified atom stereocenters. The van der Waals surface area contributed by atoms with E-state index in [1.165, 1.54) is 11.3 Å². The Hall–Kier alpha value is -2.10. The number of carbonyl (C=O) groups is 1. The van der Waals surface area contributed by atoms with Gasteiger partial charge in [-0.05, 0) is 19.8 Å². The largest absolute Gasteiger partial charge is 0.388 e. The van der Waals surface area contributed by atoms with Crippen LogP contribution in [0.5, 0.6) is 0 Å². The fourth-order valence-electron chi connectivity index (χ4n) is 3.94. The summed E-state index contributed by atoms with van der Waals surface area (Å²) in [6, 6.07) is -0.463. The number of nitrogens with zero attached hydrogens (tertiary/aromatic N) is 4. The van der Waals surface area contributed by atoms with Crippen LogP contribution in [0.15, 0.2) is 29.5 Å². The third kappa shape index (κ3) is 3.80. The molecule has 2 aliphatic heterocycles. The summed E-state index contributed by atoms with van der Waals surface area (Å²) in [7, 11) is 0. The zero-order valence-electron chi connectivity index (χ0n) is 15.2. The number of hydrogen-bond acceptors (Lipinski definition) is 8. The van der Waals surface area contributed by atoms with Gasteiger partial charge in [0.15, 0.2) is 0 Å². The number of aliphatic hydroxyl groups is 1. The molecular formula is C18H23N5O3S. The van der Waals surface area contributed by atoms with Crippen LogP contribution in [0.1, 0.15) is 36.7 Å². The van der Waals surface area contributed by atoms with Gasteiger partial charge >= 0.3 is 0 Å². The molecule has 144 valence electrons. The van der Waals surface area contributed by atoms with Gasteiger partial charge in [0.2, 0.25) is 0 Å². The van der Waals surface area contributed by atoms with E-state index in [0.29, 0.717) is 12.1 Å². The van der Waals surface area contributed by atoms with Crippen molar-refractivity contribution in [1.29, 1.82) is 0 Å². The number of hydrogen-bond donors (Lipinski definition) is 2. The molecule has 4 heterocycles. The van der Waals surface area contributed by atoms with Crippen LogP contribution in [0.2, 0.25) is 0 Å². The fourth-order valence-corrected chi connectivity index (χ4v) is 4.47. The molecule has 0 aliphatic carbocycles. The van der Waals surface area contributed by atoms with Crippen molar-refractivity contribution < 1.29 is 14.6 Å². The molecule has 2 aromatic heterocycles. The minimum atomic E-state index is -1.04. The summed E-state index contributed by atoms with van der Waals surface area (Å²) >= 11 is 1.37. The predicted octanol–water partition coefficient (Wildman–Crippen LogP) is 1.24. The van der Waals surface area contributed by atoms with Gasteiger partial charge in [-0.25, -0.2) is 9.97 Å². The molecular weight excluding hydrogens is 366 g/mol. The van der Waals surface area contributed by atoms with Crippen LogP contribution in [-0.4, -0.2) is 62.9 Å². The molecule has 1 amide bonds. The number of amides is 1. The molecule has 9 heteroatoms. The Morgan fingerprint density at radius 2 is 2.19 bits per heavy atom. The van der Waals surface area contributed by atoms with E-state index in [4.69, 9.17) is 4.74 Å². The maximum Gasteiger partial charge on any atom is 0.271 e. The first-order chi connectivity index (χ1) is 13.0. The monoisotopic (exact) mass is 389 g/mol. The van der Waals surface area contributed by atoms with Crippen LogP contribution in [0.25, 0.3) is 0 Å². The maximum absolute atomic E-state index is 12.3. The van der Waals surface area contributed by atoms with E-state index in [-0.39, 0.29) is 18.1 Å². The summed E-state index contributed by atoms with van der Waals surface area (Å²) in [4.78, 5) is 27.0. The lowest BCUT2D eigenvalue weighted by atomic mass is 9.75. The Labute approximate surface area is 161 Å². The third-order valence-corrected chi connectivity index (χ3v) is 6.09. The Balaban J connectivity index is 1.38. The van der Waals surface area contributed by atoms with Crippen molar-refractivity contribution in [2.24, 2.45) is 0 Å². The smallest absolute Gasteiger partial charge is 0.271 e. The van der Waals surface area contributed by atoms with Gasteiger partial charge in [-0.2, -0.15) is 0 Å². The first-order valence-electron chi connectivity index (χ1n) is 9.04. The van der Waals surface area contributed by atoms with Gasteiger partial charge in [0.05, 0.1) is 35.6 Å². The molecule has 2 aromatic rings. The molecule has 27 heavy (non-hydrogen) atoms. The Morgan fingerprint density at radius 3 is 2.81 bits per heavy atom. The molecule has 0 saturated carbocycles. The standard InChI is InChI=1S/C18H23N5O3S/c1-17(25)11-18(2-6-23(7-3-18)15-8-19-4-5-20-15)26-9-14(17)22-16(24)13-10-27-12-21-13/h4-5,8,10,12,14,25H,2-3,6-7,9,11H2,1H3,(H,22,24)/t14-,17-/m0/s1. The minimum absolute atomic E-state index is 0.279. The average molecular weight is 389 g/mol. The zero-order chi connectivity index (χ0) is 18.9. The second kappa shape index (κ2) is 7.14. The maximum atomic E-state index is 12.3. The zero-order valence-corrected chi connectivity index (χ0v) is 16.0. The molecule has 2 atom stereocenters. The van der Waals surface area contributed by atoms with Gasteiger partial charge in [-0.3, -0.25) is 9.78 Å². The van der Waals surface area contributed by atoms with Crippen LogP contribution < -0.4 is 10.2 Å². The van der Waals surface area contributed by atoms with Gasteiger partial charge in [0.1, 0.15) is 11.5 Å². The van der Waals surface area contributed by atoms with Gasteiger partial charge < -0.3 is 20.1 Å². The van der Waals surface area contributed by atoms with Crippen molar-refractivity contribution >= 4 is 23.1 Å². The Bertz CT molecular complexity index is 776. The van der Waals surface area contributed by atoms with E-state index in [2.05, 4.69) is 25.2 Å². The van der Waals surface area contributed by atoms with E-state index in [9.17, 15) is 9.90 Å². The number of thiazole rings is 1. The number of anilines is 1. The van der Waals surface area contributed by atoms with Crippen LogP contribution in [0, 0.1) is 0 Å². The Morgan fingerprint density at radius 1 is 1.37 bits per heavy atom. The highest BCUT2D eigenvalue weighted by Gasteiger charge is 2.49. The summed E-state index contributed by atoms with van der Waals surface area (Å²) in [5.41, 5.74) is 0.570. The molecule has 2 aliphatic rings. The molecule has 2 saturated heterocycles. The SMILES string of the molecule is C[C@]1(O)CC2(CCN(c3cnccn3)CC2)OC[C@@H]1NC(=O)c1cscn1. The first kappa shape index (κ1) is 18.3. The Kier molecular flexibility index (Phi) is 4.83. The lowest BCUT2D eigenvalue weighted by Crippen LogP contribution is -2.64. The molecule has 4 rings (SSSR count). The van der Waals surface area contributed by atoms with Crippen molar-refractivity contribution in [1.82, 2.24) is 20.3 Å². The van der Waals surface area contributed by atoms with Crippen LogP contribution in [0.4, 0.5) is 5.82 Å². The molecule has 2 N–H and O–H groups in total. The van der Waals surface area contributed by atoms with E-state index in [1.807, 2.05) is 0 Å². The van der Waals surface area contributed by atoms with Crippen LogP contribution in [0.3, 0.4) is 0 Å². The topological polar surface area (TPSA) is 100 Å². The van der Waals surface area contributed by atoms with Crippen molar-refractivity contribution in [2.75, 3.05) is 24.6 Å². The number of piperidine rings is 1. The van der Waals surface area contributed by atoms with E-state index >= 15 is 0 Å². The first-order valence-corrected chi connectivity index (χ1v) is 9.98. The molecule has 0 radical (unpaired) electrons. The van der Waals surface area contributed by atoms with E-state index < -0.39 is 11.6 Å². The number of carbonyl (C=O) groups excluding carboxylic acids is 1. The number of aromatic nitrogens is 3. The van der Waals surface area contributed by atoms with E-state index in [1.54, 1.807) is 36.4 Å². The lowest BCUT2D eigenvalue weighted by molar-refractivity contribution is -0.176. The number of nitrogens with one attached hydrogen (secondary N) is 1. The normalized spacial score (nSPS) is 27.5. The molecule has 0 bridgehead atoms. The van der Waals surface area contributed by atoms with Gasteiger partial charge in [-0.1, -0.05) is 0 Å². The van der Waals surface area contributed by atoms with Gasteiger partial charge in [0.25, 0.3) is 5.91 Å². The number of ether oxygens (including phenoxy) is 1. The summed E-state index contributed by atoms with van der Waals surface area (Å²) in [6.07, 6.45) is 7.20. The molecule has 8 nitrogen and oxygen atoms in total. The van der Waals surface area contributed by atoms with Crippen LogP contribution >= 0.6 is 11.3 Å². The predicted molar refractivity (Wildman–Crippen MR) is 101 cm³/mol. The van der Waals surface area contributed by atoms with Crippen LogP contribution in [-0.2, 0) is 4.74 Å². The summed E-state index contributed by atoms with van der Waals surface area (Å²) in [5.74, 6) is 0.585. The second-order valence-electron chi connectivity index (χ2n) is 7.48. The minimum Gasteiger partial charge on any atom is -0.388 e. The third-order valence-electron chi connectivity index (χ3n) is 5.51. The van der Waals surface area contributed by atoms with Crippen molar-refractivity contribution in [3.8, 4) is 0 Å². The van der Waals surface area contributed by atoms with Crippen molar-refractivity contribution in [2.45, 2.75) is 43.4 Å². The fraction of sp³-hybridized carbons (Fsp3) is 0.556. The highest BCUT2D eigenvalue weighted by atomic mass is 32.1. The van der Waals surface area contributed by atoms with Crippen molar-refractivity contribution in [3.05, 3.63) is 35.2 Å². The summed E-state index contributed by atoms with van der Waals surface area (Å²) in [5, 5.41) is 15.6. The van der Waals surface area contributed by atoms with Crippen molar-refractivity contribution in [3.63, 3.8) is 0 Å². The lowest BCUT2D eigenvalue weighted by Gasteiger charge is -2.51. The molecule has 1 spiro atoms.